The van der Waals surface area contributed by atoms with Gasteiger partial charge >= 0.3 is 0 Å². The number of sulfonamides is 1. The Bertz CT molecular complexity index is 795. The number of thiophene rings is 1. The van der Waals surface area contributed by atoms with Crippen LogP contribution in [0.2, 0.25) is 0 Å². The second-order valence-electron chi connectivity index (χ2n) is 4.93. The number of carbonyl (C=O) groups excluding carboxylic acids is 1. The fourth-order valence-corrected chi connectivity index (χ4v) is 3.43. The first-order valence-electron chi connectivity index (χ1n) is 6.80. The number of aryl methyl sites for hydroxylation is 2. The highest BCUT2D eigenvalue weighted by molar-refractivity contribution is 7.89. The van der Waals surface area contributed by atoms with Crippen molar-refractivity contribution in [2.75, 3.05) is 0 Å². The molecular formula is C15H18N2O3S2. The van der Waals surface area contributed by atoms with E-state index in [4.69, 9.17) is 5.14 Å². The summed E-state index contributed by atoms with van der Waals surface area (Å²) in [6, 6.07) is 8.31. The standard InChI is InChI=1S/C15H18N2O3S2/c1-3-11-5-6-12(21-11)9-17-15(18)14-8-13(22(16,19)20)7-4-10(14)2/h4-8H,3,9H2,1-2H3,(H,17,18)(H2,16,19,20). The summed E-state index contributed by atoms with van der Waals surface area (Å²) < 4.78 is 22.8. The van der Waals surface area contributed by atoms with Gasteiger partial charge in [-0.3, -0.25) is 4.79 Å². The number of rotatable bonds is 5. The van der Waals surface area contributed by atoms with Gasteiger partial charge in [0.25, 0.3) is 5.91 Å². The number of nitrogens with two attached hydrogens (primary N) is 1. The van der Waals surface area contributed by atoms with Crippen LogP contribution >= 0.6 is 11.3 Å². The molecule has 22 heavy (non-hydrogen) atoms. The van der Waals surface area contributed by atoms with Crippen molar-refractivity contribution < 1.29 is 13.2 Å². The average Bonchev–Trinajstić information content (AvgIpc) is 2.92. The Morgan fingerprint density at radius 3 is 2.50 bits per heavy atom. The Morgan fingerprint density at radius 1 is 1.23 bits per heavy atom. The third-order valence-electron chi connectivity index (χ3n) is 3.27. The minimum atomic E-state index is -3.82. The topological polar surface area (TPSA) is 89.3 Å². The molecule has 1 amide bonds. The minimum Gasteiger partial charge on any atom is -0.347 e. The molecule has 0 aliphatic carbocycles. The molecule has 1 heterocycles. The average molecular weight is 338 g/mol. The molecule has 0 bridgehead atoms. The molecule has 0 aliphatic heterocycles. The summed E-state index contributed by atoms with van der Waals surface area (Å²) in [7, 11) is -3.82. The lowest BCUT2D eigenvalue weighted by Crippen LogP contribution is -2.24. The monoisotopic (exact) mass is 338 g/mol. The Hall–Kier alpha value is -1.70. The first kappa shape index (κ1) is 16.7. The summed E-state index contributed by atoms with van der Waals surface area (Å²) in [5, 5.41) is 7.91. The molecule has 1 aromatic carbocycles. The van der Waals surface area contributed by atoms with Crippen molar-refractivity contribution in [2.45, 2.75) is 31.7 Å². The largest absolute Gasteiger partial charge is 0.347 e. The van der Waals surface area contributed by atoms with Crippen molar-refractivity contribution in [3.05, 3.63) is 51.2 Å². The highest BCUT2D eigenvalue weighted by Crippen LogP contribution is 2.18. The number of hydrogen-bond acceptors (Lipinski definition) is 4. The van der Waals surface area contributed by atoms with Gasteiger partial charge in [0.1, 0.15) is 0 Å². The van der Waals surface area contributed by atoms with Crippen LogP contribution in [0.1, 0.15) is 32.6 Å². The quantitative estimate of drug-likeness (QED) is 0.876. The zero-order valence-corrected chi connectivity index (χ0v) is 14.1. The number of benzene rings is 1. The van der Waals surface area contributed by atoms with Gasteiger partial charge in [0.15, 0.2) is 0 Å². The van der Waals surface area contributed by atoms with Gasteiger partial charge in [-0.25, -0.2) is 13.6 Å². The van der Waals surface area contributed by atoms with Gasteiger partial charge in [-0.15, -0.1) is 11.3 Å². The molecule has 0 atom stereocenters. The van der Waals surface area contributed by atoms with Crippen LogP contribution in [0.5, 0.6) is 0 Å². The zero-order chi connectivity index (χ0) is 16.3. The van der Waals surface area contributed by atoms with Gasteiger partial charge < -0.3 is 5.32 Å². The SMILES string of the molecule is CCc1ccc(CNC(=O)c2cc(S(N)(=O)=O)ccc2C)s1. The van der Waals surface area contributed by atoms with Gasteiger partial charge in [-0.05, 0) is 43.2 Å². The van der Waals surface area contributed by atoms with Crippen LogP contribution in [0.25, 0.3) is 0 Å². The van der Waals surface area contributed by atoms with Gasteiger partial charge in [-0.2, -0.15) is 0 Å². The third-order valence-corrected chi connectivity index (χ3v) is 5.41. The van der Waals surface area contributed by atoms with Crippen LogP contribution in [0.4, 0.5) is 0 Å². The van der Waals surface area contributed by atoms with E-state index in [0.717, 1.165) is 11.3 Å². The molecule has 5 nitrogen and oxygen atoms in total. The van der Waals surface area contributed by atoms with E-state index in [-0.39, 0.29) is 10.8 Å². The molecule has 0 spiro atoms. The number of nitrogens with one attached hydrogen (secondary N) is 1. The minimum absolute atomic E-state index is 0.0624. The summed E-state index contributed by atoms with van der Waals surface area (Å²) in [5.41, 5.74) is 1.02. The first-order chi connectivity index (χ1) is 10.3. The number of carbonyl (C=O) groups is 1. The highest BCUT2D eigenvalue weighted by atomic mass is 32.2. The number of primary sulfonamides is 1. The van der Waals surface area contributed by atoms with Gasteiger partial charge in [0.05, 0.1) is 11.4 Å². The van der Waals surface area contributed by atoms with Gasteiger partial charge in [0.2, 0.25) is 10.0 Å². The number of hydrogen-bond donors (Lipinski definition) is 2. The van der Waals surface area contributed by atoms with Gasteiger partial charge in [-0.1, -0.05) is 13.0 Å². The van der Waals surface area contributed by atoms with Crippen LogP contribution in [-0.4, -0.2) is 14.3 Å². The Balaban J connectivity index is 2.15. The van der Waals surface area contributed by atoms with Crippen molar-refractivity contribution in [3.8, 4) is 0 Å². The van der Waals surface area contributed by atoms with Crippen molar-refractivity contribution in [1.82, 2.24) is 5.32 Å². The van der Waals surface area contributed by atoms with Gasteiger partial charge in [0, 0.05) is 15.3 Å². The molecule has 0 radical (unpaired) electrons. The van der Waals surface area contributed by atoms with Crippen LogP contribution in [-0.2, 0) is 23.0 Å². The smallest absolute Gasteiger partial charge is 0.251 e. The second kappa shape index (κ2) is 6.60. The predicted molar refractivity (Wildman–Crippen MR) is 87.4 cm³/mol. The summed E-state index contributed by atoms with van der Waals surface area (Å²) in [4.78, 5) is 14.5. The normalized spacial score (nSPS) is 11.4. The fraction of sp³-hybridized carbons (Fsp3) is 0.267. The molecular weight excluding hydrogens is 320 g/mol. The Labute approximate surface area is 134 Å². The van der Waals surface area contributed by atoms with E-state index in [9.17, 15) is 13.2 Å². The second-order valence-corrected chi connectivity index (χ2v) is 7.74. The zero-order valence-electron chi connectivity index (χ0n) is 12.4. The molecule has 0 unspecified atom stereocenters. The Kier molecular flexibility index (Phi) is 5.00. The number of amides is 1. The lowest BCUT2D eigenvalue weighted by molar-refractivity contribution is 0.0950. The fourth-order valence-electron chi connectivity index (χ4n) is 1.99. The van der Waals surface area contributed by atoms with E-state index in [0.29, 0.717) is 17.7 Å². The van der Waals surface area contributed by atoms with Crippen LogP contribution in [0, 0.1) is 6.92 Å². The first-order valence-corrected chi connectivity index (χ1v) is 9.16. The van der Waals surface area contributed by atoms with E-state index >= 15 is 0 Å². The molecule has 0 aliphatic rings. The van der Waals surface area contributed by atoms with E-state index in [2.05, 4.69) is 12.2 Å². The summed E-state index contributed by atoms with van der Waals surface area (Å²) in [6.45, 7) is 4.25. The molecule has 2 rings (SSSR count). The molecule has 0 saturated heterocycles. The van der Waals surface area contributed by atoms with Crippen LogP contribution in [0.15, 0.2) is 35.2 Å². The van der Waals surface area contributed by atoms with E-state index < -0.39 is 10.0 Å². The van der Waals surface area contributed by atoms with E-state index in [1.54, 1.807) is 24.3 Å². The van der Waals surface area contributed by atoms with Crippen LogP contribution in [0.3, 0.4) is 0 Å². The van der Waals surface area contributed by atoms with Crippen molar-refractivity contribution in [1.29, 1.82) is 0 Å². The van der Waals surface area contributed by atoms with Crippen LogP contribution < -0.4 is 10.5 Å². The van der Waals surface area contributed by atoms with E-state index in [1.165, 1.54) is 17.0 Å². The highest BCUT2D eigenvalue weighted by Gasteiger charge is 2.14. The summed E-state index contributed by atoms with van der Waals surface area (Å²) in [5.74, 6) is -0.311. The molecule has 7 heteroatoms. The third kappa shape index (κ3) is 3.94. The maximum Gasteiger partial charge on any atom is 0.251 e. The maximum absolute atomic E-state index is 12.3. The molecule has 0 fully saturated rings. The molecule has 1 aromatic heterocycles. The lowest BCUT2D eigenvalue weighted by atomic mass is 10.1. The molecule has 118 valence electrons. The van der Waals surface area contributed by atoms with Crippen molar-refractivity contribution in [2.24, 2.45) is 5.14 Å². The van der Waals surface area contributed by atoms with E-state index in [1.807, 2.05) is 12.1 Å². The Morgan fingerprint density at radius 2 is 1.91 bits per heavy atom. The summed E-state index contributed by atoms with van der Waals surface area (Å²) in [6.07, 6.45) is 0.966. The maximum atomic E-state index is 12.3. The molecule has 0 saturated carbocycles. The predicted octanol–water partition coefficient (Wildman–Crippen LogP) is 2.20. The molecule has 2 aromatic rings. The summed E-state index contributed by atoms with van der Waals surface area (Å²) >= 11 is 1.65. The van der Waals surface area contributed by atoms with Crippen molar-refractivity contribution in [3.63, 3.8) is 0 Å². The molecule has 3 N–H and O–H groups in total. The lowest BCUT2D eigenvalue weighted by Gasteiger charge is -2.08. The van der Waals surface area contributed by atoms with Crippen molar-refractivity contribution >= 4 is 27.3 Å².